The molecule has 0 aliphatic carbocycles. The molecule has 0 radical (unpaired) electrons. The first-order chi connectivity index (χ1) is 12.8. The van der Waals surface area contributed by atoms with Gasteiger partial charge in [-0.05, 0) is 48.4 Å². The Hall–Kier alpha value is -1.76. The van der Waals surface area contributed by atoms with Crippen molar-refractivity contribution in [3.8, 4) is 5.75 Å². The summed E-state index contributed by atoms with van der Waals surface area (Å²) >= 11 is 0. The number of methoxy groups -OCH3 is 1. The molecule has 1 fully saturated rings. The predicted molar refractivity (Wildman–Crippen MR) is 123 cm³/mol. The average molecular weight is 479 g/mol. The van der Waals surface area contributed by atoms with Crippen LogP contribution in [0, 0.1) is 5.92 Å². The van der Waals surface area contributed by atoms with E-state index >= 15 is 0 Å². The van der Waals surface area contributed by atoms with Crippen LogP contribution in [0.15, 0.2) is 59.6 Å². The molecule has 1 saturated heterocycles. The summed E-state index contributed by atoms with van der Waals surface area (Å²) in [6.45, 7) is 3.03. The number of halogens is 1. The second-order valence-corrected chi connectivity index (χ2v) is 6.87. The number of nitrogens with zero attached hydrogens (tertiary/aromatic N) is 2. The molecule has 1 atom stereocenters. The van der Waals surface area contributed by atoms with Gasteiger partial charge in [0.2, 0.25) is 0 Å². The lowest BCUT2D eigenvalue weighted by Gasteiger charge is -2.22. The quantitative estimate of drug-likeness (QED) is 0.387. The molecular weight excluding hydrogens is 449 g/mol. The van der Waals surface area contributed by atoms with Gasteiger partial charge in [0, 0.05) is 26.7 Å². The minimum absolute atomic E-state index is 0. The number of hydrogen-bond acceptors (Lipinski definition) is 2. The number of hydrogen-bond donors (Lipinski definition) is 1. The van der Waals surface area contributed by atoms with Gasteiger partial charge >= 0.3 is 0 Å². The first-order valence-electron chi connectivity index (χ1n) is 9.41. The van der Waals surface area contributed by atoms with Crippen molar-refractivity contribution in [1.29, 1.82) is 0 Å². The van der Waals surface area contributed by atoms with Crippen molar-refractivity contribution in [2.24, 2.45) is 10.9 Å². The molecule has 1 aliphatic rings. The number of nitrogens with one attached hydrogen (secondary N) is 1. The van der Waals surface area contributed by atoms with Crippen LogP contribution in [0.5, 0.6) is 5.75 Å². The third kappa shape index (κ3) is 6.41. The Morgan fingerprint density at radius 2 is 1.93 bits per heavy atom. The molecule has 1 unspecified atom stereocenters. The van der Waals surface area contributed by atoms with Gasteiger partial charge in [-0.3, -0.25) is 4.99 Å². The molecule has 4 nitrogen and oxygen atoms in total. The highest BCUT2D eigenvalue weighted by Gasteiger charge is 2.24. The zero-order valence-electron chi connectivity index (χ0n) is 16.2. The molecule has 0 saturated carbocycles. The normalized spacial score (nSPS) is 16.7. The maximum Gasteiger partial charge on any atom is 0.193 e. The van der Waals surface area contributed by atoms with Crippen molar-refractivity contribution in [1.82, 2.24) is 10.2 Å². The van der Waals surface area contributed by atoms with Crippen LogP contribution in [-0.4, -0.2) is 44.7 Å². The lowest BCUT2D eigenvalue weighted by Crippen LogP contribution is -2.41. The van der Waals surface area contributed by atoms with Crippen molar-refractivity contribution in [2.45, 2.75) is 19.3 Å². The fourth-order valence-electron chi connectivity index (χ4n) is 3.62. The van der Waals surface area contributed by atoms with Gasteiger partial charge in [0.25, 0.3) is 0 Å². The van der Waals surface area contributed by atoms with E-state index in [1.165, 1.54) is 17.5 Å². The van der Waals surface area contributed by atoms with E-state index in [0.29, 0.717) is 5.92 Å². The fraction of sp³-hybridized carbons (Fsp3) is 0.409. The van der Waals surface area contributed by atoms with Crippen LogP contribution in [0.1, 0.15) is 17.5 Å². The number of aliphatic imine (C=N–C) groups is 1. The van der Waals surface area contributed by atoms with Crippen LogP contribution in [0.4, 0.5) is 0 Å². The first kappa shape index (κ1) is 21.5. The van der Waals surface area contributed by atoms with E-state index < -0.39 is 0 Å². The molecule has 0 amide bonds. The Morgan fingerprint density at radius 3 is 2.67 bits per heavy atom. The van der Waals surface area contributed by atoms with Crippen molar-refractivity contribution in [3.05, 3.63) is 65.7 Å². The number of likely N-dealkylation sites (tertiary alicyclic amines) is 1. The summed E-state index contributed by atoms with van der Waals surface area (Å²) in [6.07, 6.45) is 3.33. The van der Waals surface area contributed by atoms with Crippen molar-refractivity contribution in [3.63, 3.8) is 0 Å². The summed E-state index contributed by atoms with van der Waals surface area (Å²) < 4.78 is 5.29. The van der Waals surface area contributed by atoms with E-state index in [4.69, 9.17) is 4.74 Å². The molecule has 2 aromatic carbocycles. The minimum Gasteiger partial charge on any atom is -0.497 e. The maximum atomic E-state index is 5.29. The Kier molecular flexibility index (Phi) is 8.91. The van der Waals surface area contributed by atoms with Crippen LogP contribution >= 0.6 is 24.0 Å². The Morgan fingerprint density at radius 1 is 1.15 bits per heavy atom. The van der Waals surface area contributed by atoms with Gasteiger partial charge in [-0.25, -0.2) is 0 Å². The molecule has 1 heterocycles. The van der Waals surface area contributed by atoms with Crippen LogP contribution in [0.3, 0.4) is 0 Å². The molecule has 0 spiro atoms. The fourth-order valence-corrected chi connectivity index (χ4v) is 3.62. The SMILES string of the molecule is CN=C(NCCc1cccc(OC)c1)N1CCC(Cc2ccccc2)C1.I. The molecule has 0 aromatic heterocycles. The van der Waals surface area contributed by atoms with Gasteiger partial charge in [0.15, 0.2) is 5.96 Å². The molecule has 1 N–H and O–H groups in total. The highest BCUT2D eigenvalue weighted by Crippen LogP contribution is 2.21. The van der Waals surface area contributed by atoms with Gasteiger partial charge < -0.3 is 15.0 Å². The van der Waals surface area contributed by atoms with Gasteiger partial charge in [0.05, 0.1) is 7.11 Å². The smallest absolute Gasteiger partial charge is 0.193 e. The van der Waals surface area contributed by atoms with E-state index in [9.17, 15) is 0 Å². The lowest BCUT2D eigenvalue weighted by atomic mass is 9.99. The van der Waals surface area contributed by atoms with Gasteiger partial charge in [0.1, 0.15) is 5.75 Å². The first-order valence-corrected chi connectivity index (χ1v) is 9.41. The summed E-state index contributed by atoms with van der Waals surface area (Å²) in [5.74, 6) is 2.63. The Bertz CT molecular complexity index is 721. The summed E-state index contributed by atoms with van der Waals surface area (Å²) in [5, 5.41) is 3.52. The Balaban J connectivity index is 0.00000261. The van der Waals surface area contributed by atoms with E-state index in [1.54, 1.807) is 7.11 Å². The van der Waals surface area contributed by atoms with E-state index in [1.807, 2.05) is 19.2 Å². The van der Waals surface area contributed by atoms with Crippen LogP contribution in [0.25, 0.3) is 0 Å². The molecule has 3 rings (SSSR count). The zero-order chi connectivity index (χ0) is 18.2. The summed E-state index contributed by atoms with van der Waals surface area (Å²) in [4.78, 5) is 6.87. The van der Waals surface area contributed by atoms with E-state index in [0.717, 1.165) is 44.2 Å². The van der Waals surface area contributed by atoms with Gasteiger partial charge in [-0.2, -0.15) is 0 Å². The summed E-state index contributed by atoms with van der Waals surface area (Å²) in [7, 11) is 3.58. The van der Waals surface area contributed by atoms with Crippen LogP contribution < -0.4 is 10.1 Å². The summed E-state index contributed by atoms with van der Waals surface area (Å²) in [5.41, 5.74) is 2.70. The highest BCUT2D eigenvalue weighted by molar-refractivity contribution is 14.0. The van der Waals surface area contributed by atoms with Crippen LogP contribution in [0.2, 0.25) is 0 Å². The molecule has 27 heavy (non-hydrogen) atoms. The minimum atomic E-state index is 0. The predicted octanol–water partition coefficient (Wildman–Crippen LogP) is 4.00. The second-order valence-electron chi connectivity index (χ2n) is 6.87. The molecule has 2 aromatic rings. The van der Waals surface area contributed by atoms with Gasteiger partial charge in [-0.1, -0.05) is 42.5 Å². The third-order valence-electron chi connectivity index (χ3n) is 5.00. The van der Waals surface area contributed by atoms with Gasteiger partial charge in [-0.15, -0.1) is 24.0 Å². The monoisotopic (exact) mass is 479 g/mol. The second kappa shape index (κ2) is 11.2. The van der Waals surface area contributed by atoms with E-state index in [2.05, 4.69) is 57.7 Å². The third-order valence-corrected chi connectivity index (χ3v) is 5.00. The molecule has 146 valence electrons. The number of benzene rings is 2. The van der Waals surface area contributed by atoms with Crippen molar-refractivity contribution >= 4 is 29.9 Å². The largest absolute Gasteiger partial charge is 0.497 e. The van der Waals surface area contributed by atoms with Crippen molar-refractivity contribution < 1.29 is 4.74 Å². The Labute approximate surface area is 180 Å². The topological polar surface area (TPSA) is 36.9 Å². The average Bonchev–Trinajstić information content (AvgIpc) is 3.14. The molecule has 1 aliphatic heterocycles. The van der Waals surface area contributed by atoms with Crippen molar-refractivity contribution in [2.75, 3.05) is 33.8 Å². The number of guanidine groups is 1. The van der Waals surface area contributed by atoms with Crippen LogP contribution in [-0.2, 0) is 12.8 Å². The standard InChI is InChI=1S/C22H29N3O.HI/c1-23-22(24-13-11-19-9-6-10-21(16-19)26-2)25-14-12-20(17-25)15-18-7-4-3-5-8-18;/h3-10,16,20H,11-15,17H2,1-2H3,(H,23,24);1H. The number of ether oxygens (including phenoxy) is 1. The molecular formula is C22H30IN3O. The molecule has 0 bridgehead atoms. The maximum absolute atomic E-state index is 5.29. The number of rotatable bonds is 6. The molecule has 5 heteroatoms. The highest BCUT2D eigenvalue weighted by atomic mass is 127. The lowest BCUT2D eigenvalue weighted by molar-refractivity contribution is 0.414. The summed E-state index contributed by atoms with van der Waals surface area (Å²) in [6, 6.07) is 19.0. The van der Waals surface area contributed by atoms with E-state index in [-0.39, 0.29) is 24.0 Å². The zero-order valence-corrected chi connectivity index (χ0v) is 18.6.